The van der Waals surface area contributed by atoms with Gasteiger partial charge in [-0.15, -0.1) is 5.10 Å². The maximum Gasteiger partial charge on any atom is 0.499 e. The van der Waals surface area contributed by atoms with E-state index in [1.165, 1.54) is 28.7 Å². The summed E-state index contributed by atoms with van der Waals surface area (Å²) in [5, 5.41) is 5.27. The van der Waals surface area contributed by atoms with E-state index in [-0.39, 0.29) is 17.6 Å². The van der Waals surface area contributed by atoms with E-state index in [9.17, 15) is 22.0 Å². The number of nitrogens with zero attached hydrogens (tertiary/aromatic N) is 5. The second kappa shape index (κ2) is 12.9. The average Bonchev–Trinajstić information content (AvgIpc) is 3.69. The van der Waals surface area contributed by atoms with Crippen LogP contribution in [0.2, 0.25) is 0 Å². The number of thioether (sulfide) groups is 1. The summed E-state index contributed by atoms with van der Waals surface area (Å²) in [5.41, 5.74) is 7.95. The summed E-state index contributed by atoms with van der Waals surface area (Å²) in [6.45, 7) is 2.35. The third-order valence-electron chi connectivity index (χ3n) is 7.22. The molecule has 0 spiro atoms. The molecule has 3 aromatic carbocycles. The molecule has 3 heterocycles. The fourth-order valence-electron chi connectivity index (χ4n) is 4.89. The SMILES string of the molecule is COc1ccc2c(c1)N1C(=CC2C)CS/C1=N\C(=S)NOCc1ccc(-c2ncn(-c3ccc(OC(F)(F)C(F)(F)F)cc3)n2)cc1. The van der Waals surface area contributed by atoms with Crippen LogP contribution in [-0.4, -0.2) is 50.2 Å². The summed E-state index contributed by atoms with van der Waals surface area (Å²) in [6.07, 6.45) is -7.53. The van der Waals surface area contributed by atoms with E-state index in [1.54, 1.807) is 31.0 Å². The monoisotopic (exact) mass is 688 g/mol. The van der Waals surface area contributed by atoms with Gasteiger partial charge in [-0.2, -0.15) is 26.9 Å². The molecule has 1 aromatic heterocycles. The summed E-state index contributed by atoms with van der Waals surface area (Å²) in [7, 11) is 1.64. The van der Waals surface area contributed by atoms with Crippen molar-refractivity contribution in [1.82, 2.24) is 20.2 Å². The molecule has 0 amide bonds. The Bertz CT molecular complexity index is 1850. The van der Waals surface area contributed by atoms with Crippen molar-refractivity contribution in [2.24, 2.45) is 4.99 Å². The first-order chi connectivity index (χ1) is 22.4. The van der Waals surface area contributed by atoms with Crippen molar-refractivity contribution >= 4 is 39.9 Å². The molecule has 9 nitrogen and oxygen atoms in total. The number of aromatic nitrogens is 3. The third kappa shape index (κ3) is 6.94. The largest absolute Gasteiger partial charge is 0.499 e. The lowest BCUT2D eigenvalue weighted by molar-refractivity contribution is -0.360. The Kier molecular flexibility index (Phi) is 8.91. The van der Waals surface area contributed by atoms with Gasteiger partial charge in [-0.25, -0.2) is 15.1 Å². The average molecular weight is 689 g/mol. The Morgan fingerprint density at radius 1 is 1.04 bits per heavy atom. The van der Waals surface area contributed by atoms with Gasteiger partial charge in [0.1, 0.15) is 17.8 Å². The Balaban J connectivity index is 1.04. The van der Waals surface area contributed by atoms with Crippen LogP contribution in [-0.2, 0) is 11.4 Å². The fourth-order valence-corrected chi connectivity index (χ4v) is 6.10. The van der Waals surface area contributed by atoms with Gasteiger partial charge in [0.15, 0.2) is 11.0 Å². The number of allylic oxidation sites excluding steroid dienone is 1. The van der Waals surface area contributed by atoms with Crippen molar-refractivity contribution in [3.8, 4) is 28.6 Å². The highest BCUT2D eigenvalue weighted by atomic mass is 32.2. The number of methoxy groups -OCH3 is 1. The highest BCUT2D eigenvalue weighted by molar-refractivity contribution is 8.14. The summed E-state index contributed by atoms with van der Waals surface area (Å²) in [6, 6.07) is 17.8. The molecule has 0 saturated carbocycles. The zero-order chi connectivity index (χ0) is 33.3. The van der Waals surface area contributed by atoms with Gasteiger partial charge in [0.25, 0.3) is 0 Å². The lowest BCUT2D eigenvalue weighted by Gasteiger charge is -2.30. The number of anilines is 1. The molecule has 47 heavy (non-hydrogen) atoms. The molecule has 1 unspecified atom stereocenters. The topological polar surface area (TPSA) is 86.0 Å². The number of rotatable bonds is 8. The van der Waals surface area contributed by atoms with Crippen molar-refractivity contribution in [2.45, 2.75) is 31.7 Å². The van der Waals surface area contributed by atoms with Gasteiger partial charge in [-0.1, -0.05) is 55.1 Å². The second-order valence-electron chi connectivity index (χ2n) is 10.4. The normalized spacial score (nSPS) is 16.8. The minimum Gasteiger partial charge on any atom is -0.497 e. The number of halogens is 5. The van der Waals surface area contributed by atoms with Gasteiger partial charge in [0.2, 0.25) is 5.11 Å². The maximum atomic E-state index is 13.2. The zero-order valence-electron chi connectivity index (χ0n) is 24.7. The Labute approximate surface area is 275 Å². The van der Waals surface area contributed by atoms with Crippen LogP contribution in [0.5, 0.6) is 11.5 Å². The lowest BCUT2D eigenvalue weighted by Crippen LogP contribution is -2.41. The molecule has 16 heteroatoms. The Hall–Kier alpha value is -4.54. The number of nitrogens with one attached hydrogen (secondary N) is 1. The minimum atomic E-state index is -5.83. The van der Waals surface area contributed by atoms with E-state index in [0.29, 0.717) is 17.1 Å². The highest BCUT2D eigenvalue weighted by Crippen LogP contribution is 2.44. The predicted octanol–water partition coefficient (Wildman–Crippen LogP) is 7.39. The first kappa shape index (κ1) is 32.4. The van der Waals surface area contributed by atoms with Gasteiger partial charge >= 0.3 is 12.3 Å². The Morgan fingerprint density at radius 2 is 1.77 bits per heavy atom. The molecule has 0 bridgehead atoms. The van der Waals surface area contributed by atoms with Crippen molar-refractivity contribution in [3.05, 3.63) is 96.0 Å². The van der Waals surface area contributed by atoms with Crippen LogP contribution >= 0.6 is 24.0 Å². The van der Waals surface area contributed by atoms with Gasteiger partial charge in [-0.05, 0) is 53.7 Å². The third-order valence-corrected chi connectivity index (χ3v) is 8.36. The lowest BCUT2D eigenvalue weighted by atomic mass is 9.94. The molecule has 1 atom stereocenters. The van der Waals surface area contributed by atoms with Crippen molar-refractivity contribution in [2.75, 3.05) is 17.8 Å². The van der Waals surface area contributed by atoms with Gasteiger partial charge in [-0.3, -0.25) is 9.74 Å². The molecule has 244 valence electrons. The molecule has 1 N–H and O–H groups in total. The molecular weight excluding hydrogens is 664 g/mol. The van der Waals surface area contributed by atoms with E-state index in [2.05, 4.69) is 49.3 Å². The summed E-state index contributed by atoms with van der Waals surface area (Å²) in [5.74, 6) is 1.52. The molecule has 2 aliphatic rings. The van der Waals surface area contributed by atoms with Gasteiger partial charge in [0.05, 0.1) is 25.1 Å². The Morgan fingerprint density at radius 3 is 2.47 bits per heavy atom. The van der Waals surface area contributed by atoms with Crippen LogP contribution in [0.1, 0.15) is 24.0 Å². The minimum absolute atomic E-state index is 0.178. The molecule has 1 saturated heterocycles. The van der Waals surface area contributed by atoms with E-state index in [0.717, 1.165) is 45.8 Å². The summed E-state index contributed by atoms with van der Waals surface area (Å²) >= 11 is 7.02. The number of ether oxygens (including phenoxy) is 2. The number of fused-ring (bicyclic) bond motifs is 3. The standard InChI is InChI=1S/C31H25F5N6O3S2/c1-18-13-22-16-47-29(42(22)26-14-24(43-2)11-12-25(18)26)38-28(46)40-44-15-19-3-5-20(6-4-19)27-37-17-41(39-27)21-7-9-23(10-8-21)45-31(35,36)30(32,33)34/h3-14,17-18H,15-16H2,1-2H3,(H,40,46)/b38-29-. The molecule has 2 aliphatic heterocycles. The molecule has 1 fully saturated rings. The number of benzene rings is 3. The molecular formula is C31H25F5N6O3S2. The second-order valence-corrected chi connectivity index (χ2v) is 11.7. The smallest absolute Gasteiger partial charge is 0.497 e. The summed E-state index contributed by atoms with van der Waals surface area (Å²) in [4.78, 5) is 16.5. The molecule has 0 aliphatic carbocycles. The molecule has 6 rings (SSSR count). The first-order valence-corrected chi connectivity index (χ1v) is 15.4. The van der Waals surface area contributed by atoms with E-state index < -0.39 is 18.0 Å². The van der Waals surface area contributed by atoms with Crippen LogP contribution in [0.25, 0.3) is 17.1 Å². The summed E-state index contributed by atoms with van der Waals surface area (Å²) < 4.78 is 74.1. The molecule has 4 aromatic rings. The molecule has 0 radical (unpaired) electrons. The van der Waals surface area contributed by atoms with Crippen molar-refractivity contribution < 1.29 is 36.3 Å². The number of thiocarbonyl (C=S) groups is 1. The first-order valence-electron chi connectivity index (χ1n) is 14.0. The van der Waals surface area contributed by atoms with Crippen LogP contribution < -0.4 is 19.9 Å². The van der Waals surface area contributed by atoms with Gasteiger partial charge in [0, 0.05) is 29.0 Å². The van der Waals surface area contributed by atoms with E-state index in [1.807, 2.05) is 24.3 Å². The van der Waals surface area contributed by atoms with Crippen molar-refractivity contribution in [3.63, 3.8) is 0 Å². The van der Waals surface area contributed by atoms with Crippen molar-refractivity contribution in [1.29, 1.82) is 0 Å². The fraction of sp³-hybridized carbons (Fsp3) is 0.226. The van der Waals surface area contributed by atoms with E-state index in [4.69, 9.17) is 21.8 Å². The highest BCUT2D eigenvalue weighted by Gasteiger charge is 2.61. The maximum absolute atomic E-state index is 13.2. The number of alkyl halides is 5. The van der Waals surface area contributed by atoms with Crippen LogP contribution in [0.4, 0.5) is 27.6 Å². The number of hydrogen-bond donors (Lipinski definition) is 1. The van der Waals surface area contributed by atoms with E-state index >= 15 is 0 Å². The number of hydroxylamine groups is 1. The van der Waals surface area contributed by atoms with Crippen LogP contribution in [0.15, 0.2) is 89.8 Å². The van der Waals surface area contributed by atoms with Gasteiger partial charge < -0.3 is 9.47 Å². The number of hydrogen-bond acceptors (Lipinski definition) is 7. The number of aliphatic imine (C=N–C) groups is 1. The quantitative estimate of drug-likeness (QED) is 0.116. The zero-order valence-corrected chi connectivity index (χ0v) is 26.3. The number of amidine groups is 1. The predicted molar refractivity (Wildman–Crippen MR) is 171 cm³/mol. The van der Waals surface area contributed by atoms with Crippen LogP contribution in [0, 0.1) is 0 Å². The van der Waals surface area contributed by atoms with Crippen LogP contribution in [0.3, 0.4) is 0 Å².